The fourth-order valence-electron chi connectivity index (χ4n) is 3.41. The lowest BCUT2D eigenvalue weighted by molar-refractivity contribution is -0.127. The number of rotatable bonds is 8. The maximum atomic E-state index is 12.8. The Morgan fingerprint density at radius 1 is 1.09 bits per heavy atom. The van der Waals surface area contributed by atoms with Crippen molar-refractivity contribution >= 4 is 40.6 Å². The van der Waals surface area contributed by atoms with Gasteiger partial charge in [0.2, 0.25) is 5.91 Å². The van der Waals surface area contributed by atoms with Crippen LogP contribution in [0, 0.1) is 13.8 Å². The molecule has 1 aliphatic heterocycles. The second kappa shape index (κ2) is 10.6. The Morgan fingerprint density at radius 3 is 2.42 bits per heavy atom. The van der Waals surface area contributed by atoms with Crippen molar-refractivity contribution in [1.82, 2.24) is 4.90 Å². The van der Waals surface area contributed by atoms with E-state index in [0.29, 0.717) is 29.4 Å². The predicted molar refractivity (Wildman–Crippen MR) is 131 cm³/mol. The lowest BCUT2D eigenvalue weighted by Gasteiger charge is -2.15. The summed E-state index contributed by atoms with van der Waals surface area (Å²) >= 11 is 0.810. The number of nitrogens with one attached hydrogen (secondary N) is 1. The fourth-order valence-corrected chi connectivity index (χ4v) is 4.25. The van der Waals surface area contributed by atoms with Crippen molar-refractivity contribution < 1.29 is 23.9 Å². The van der Waals surface area contributed by atoms with Gasteiger partial charge in [0, 0.05) is 5.69 Å². The molecule has 0 radical (unpaired) electrons. The number of carbonyl (C=O) groups is 3. The van der Waals surface area contributed by atoms with Gasteiger partial charge in [-0.25, -0.2) is 0 Å². The van der Waals surface area contributed by atoms with E-state index in [9.17, 15) is 14.4 Å². The van der Waals surface area contributed by atoms with Crippen molar-refractivity contribution in [2.24, 2.45) is 0 Å². The van der Waals surface area contributed by atoms with Gasteiger partial charge in [-0.15, -0.1) is 0 Å². The zero-order chi connectivity index (χ0) is 24.1. The molecule has 3 amide bonds. The van der Waals surface area contributed by atoms with Crippen LogP contribution in [0.25, 0.3) is 6.08 Å². The Hall–Kier alpha value is -3.26. The van der Waals surface area contributed by atoms with Crippen LogP contribution in [-0.2, 0) is 9.59 Å². The van der Waals surface area contributed by atoms with Crippen LogP contribution in [-0.4, -0.2) is 41.2 Å². The number of ether oxygens (including phenoxy) is 2. The Bertz CT molecular complexity index is 1090. The number of benzene rings is 2. The maximum Gasteiger partial charge on any atom is 0.294 e. The first kappa shape index (κ1) is 24.4. The third-order valence-electron chi connectivity index (χ3n) is 4.61. The van der Waals surface area contributed by atoms with E-state index in [0.717, 1.165) is 27.8 Å². The van der Waals surface area contributed by atoms with Gasteiger partial charge in [0.15, 0.2) is 11.5 Å². The molecule has 2 aromatic rings. The van der Waals surface area contributed by atoms with E-state index in [-0.39, 0.29) is 17.6 Å². The quantitative estimate of drug-likeness (QED) is 0.539. The zero-order valence-electron chi connectivity index (χ0n) is 19.4. The minimum Gasteiger partial charge on any atom is -0.490 e. The largest absolute Gasteiger partial charge is 0.490 e. The third kappa shape index (κ3) is 6.38. The zero-order valence-corrected chi connectivity index (χ0v) is 20.2. The van der Waals surface area contributed by atoms with E-state index >= 15 is 0 Å². The molecule has 0 unspecified atom stereocenters. The summed E-state index contributed by atoms with van der Waals surface area (Å²) in [5.41, 5.74) is 3.35. The van der Waals surface area contributed by atoms with Crippen LogP contribution in [0.15, 0.2) is 41.3 Å². The third-order valence-corrected chi connectivity index (χ3v) is 5.52. The summed E-state index contributed by atoms with van der Waals surface area (Å²) in [5.74, 6) is 0.241. The van der Waals surface area contributed by atoms with Crippen molar-refractivity contribution in [2.45, 2.75) is 40.7 Å². The van der Waals surface area contributed by atoms with Gasteiger partial charge < -0.3 is 14.8 Å². The minimum atomic E-state index is -0.499. The molecular formula is C25H28N2O5S. The molecule has 1 N–H and O–H groups in total. The van der Waals surface area contributed by atoms with Gasteiger partial charge in [0.1, 0.15) is 6.54 Å². The summed E-state index contributed by atoms with van der Waals surface area (Å²) in [6.07, 6.45) is 1.61. The number of hydrogen-bond donors (Lipinski definition) is 1. The molecule has 174 valence electrons. The van der Waals surface area contributed by atoms with Crippen LogP contribution in [0.3, 0.4) is 0 Å². The molecule has 0 aliphatic carbocycles. The molecule has 1 aliphatic rings. The predicted octanol–water partition coefficient (Wildman–Crippen LogP) is 5.16. The topological polar surface area (TPSA) is 84.9 Å². The standard InChI is InChI=1S/C25H28N2O5S/c1-6-31-21-12-18(7-8-20(21)32-15(2)3)13-22-24(29)27(25(30)33-22)14-23(28)26-19-10-16(4)9-17(5)11-19/h7-13,15H,6,14H2,1-5H3,(H,26,28)/b22-13+. The lowest BCUT2D eigenvalue weighted by Crippen LogP contribution is -2.36. The highest BCUT2D eigenvalue weighted by atomic mass is 32.2. The van der Waals surface area contributed by atoms with E-state index in [4.69, 9.17) is 9.47 Å². The van der Waals surface area contributed by atoms with Crippen LogP contribution in [0.1, 0.15) is 37.5 Å². The number of hydrogen-bond acceptors (Lipinski definition) is 6. The van der Waals surface area contributed by atoms with Crippen molar-refractivity contribution in [3.05, 3.63) is 58.0 Å². The molecule has 0 aromatic heterocycles. The van der Waals surface area contributed by atoms with E-state index in [1.165, 1.54) is 0 Å². The molecule has 1 saturated heterocycles. The molecule has 7 nitrogen and oxygen atoms in total. The number of anilines is 1. The minimum absolute atomic E-state index is 0.0126. The summed E-state index contributed by atoms with van der Waals surface area (Å²) in [4.78, 5) is 38.9. The number of carbonyl (C=O) groups excluding carboxylic acids is 3. The van der Waals surface area contributed by atoms with Gasteiger partial charge in [-0.1, -0.05) is 12.1 Å². The van der Waals surface area contributed by atoms with Gasteiger partial charge in [0.25, 0.3) is 11.1 Å². The van der Waals surface area contributed by atoms with E-state index < -0.39 is 17.1 Å². The van der Waals surface area contributed by atoms with Crippen LogP contribution >= 0.6 is 11.8 Å². The van der Waals surface area contributed by atoms with Crippen LogP contribution < -0.4 is 14.8 Å². The molecule has 0 spiro atoms. The average Bonchev–Trinajstić information content (AvgIpc) is 2.96. The first-order chi connectivity index (χ1) is 15.7. The molecule has 1 fully saturated rings. The van der Waals surface area contributed by atoms with Crippen molar-refractivity contribution in [3.8, 4) is 11.5 Å². The maximum absolute atomic E-state index is 12.8. The van der Waals surface area contributed by atoms with Gasteiger partial charge in [-0.3, -0.25) is 19.3 Å². The molecule has 8 heteroatoms. The average molecular weight is 469 g/mol. The number of thioether (sulfide) groups is 1. The fraction of sp³-hybridized carbons (Fsp3) is 0.320. The van der Waals surface area contributed by atoms with Crippen LogP contribution in [0.5, 0.6) is 11.5 Å². The summed E-state index contributed by atoms with van der Waals surface area (Å²) in [7, 11) is 0. The second-order valence-corrected chi connectivity index (χ2v) is 8.99. The Balaban J connectivity index is 1.73. The SMILES string of the molecule is CCOc1cc(/C=C2/SC(=O)N(CC(=O)Nc3cc(C)cc(C)c3)C2=O)ccc1OC(C)C. The van der Waals surface area contributed by atoms with E-state index in [1.54, 1.807) is 24.3 Å². The van der Waals surface area contributed by atoms with Gasteiger partial charge in [-0.05, 0) is 93.4 Å². The number of amides is 3. The molecule has 1 heterocycles. The van der Waals surface area contributed by atoms with Gasteiger partial charge >= 0.3 is 0 Å². The molecule has 0 saturated carbocycles. The summed E-state index contributed by atoms with van der Waals surface area (Å²) in [6.45, 7) is 9.71. The van der Waals surface area contributed by atoms with Crippen molar-refractivity contribution in [1.29, 1.82) is 0 Å². The number of nitrogens with zero attached hydrogens (tertiary/aromatic N) is 1. The summed E-state index contributed by atoms with van der Waals surface area (Å²) in [6, 6.07) is 11.0. The van der Waals surface area contributed by atoms with E-state index in [1.807, 2.05) is 52.8 Å². The summed E-state index contributed by atoms with van der Waals surface area (Å²) in [5, 5.41) is 2.28. The Kier molecular flexibility index (Phi) is 7.81. The Morgan fingerprint density at radius 2 is 1.79 bits per heavy atom. The van der Waals surface area contributed by atoms with Gasteiger partial charge in [0.05, 0.1) is 17.6 Å². The second-order valence-electron chi connectivity index (χ2n) is 8.00. The van der Waals surface area contributed by atoms with Crippen molar-refractivity contribution in [3.63, 3.8) is 0 Å². The molecular weight excluding hydrogens is 440 g/mol. The van der Waals surface area contributed by atoms with Crippen molar-refractivity contribution in [2.75, 3.05) is 18.5 Å². The van der Waals surface area contributed by atoms with Gasteiger partial charge in [-0.2, -0.15) is 0 Å². The molecule has 2 aromatic carbocycles. The number of aryl methyl sites for hydroxylation is 2. The van der Waals surface area contributed by atoms with Crippen LogP contribution in [0.4, 0.5) is 10.5 Å². The van der Waals surface area contributed by atoms with Crippen LogP contribution in [0.2, 0.25) is 0 Å². The highest BCUT2D eigenvalue weighted by molar-refractivity contribution is 8.18. The first-order valence-corrected chi connectivity index (χ1v) is 11.5. The Labute approximate surface area is 198 Å². The molecule has 0 atom stereocenters. The number of imide groups is 1. The molecule has 0 bridgehead atoms. The van der Waals surface area contributed by atoms with E-state index in [2.05, 4.69) is 5.32 Å². The highest BCUT2D eigenvalue weighted by Crippen LogP contribution is 2.35. The summed E-state index contributed by atoms with van der Waals surface area (Å²) < 4.78 is 11.4. The monoisotopic (exact) mass is 468 g/mol. The first-order valence-electron chi connectivity index (χ1n) is 10.7. The normalized spacial score (nSPS) is 14.8. The lowest BCUT2D eigenvalue weighted by atomic mass is 10.1. The highest BCUT2D eigenvalue weighted by Gasteiger charge is 2.36. The molecule has 3 rings (SSSR count). The molecule has 33 heavy (non-hydrogen) atoms. The smallest absolute Gasteiger partial charge is 0.294 e.